The van der Waals surface area contributed by atoms with E-state index < -0.39 is 5.60 Å². The SMILES string of the molecule is COc1cc(C[C@@H]2O[C@@]2(C)CO)ccc1OCc1ccccc1. The van der Waals surface area contributed by atoms with Crippen LogP contribution < -0.4 is 9.47 Å². The van der Waals surface area contributed by atoms with Gasteiger partial charge in [-0.25, -0.2) is 0 Å². The van der Waals surface area contributed by atoms with Crippen molar-refractivity contribution in [1.82, 2.24) is 0 Å². The van der Waals surface area contributed by atoms with Gasteiger partial charge in [-0.1, -0.05) is 36.4 Å². The zero-order valence-electron chi connectivity index (χ0n) is 13.5. The van der Waals surface area contributed by atoms with Crippen LogP contribution in [0.2, 0.25) is 0 Å². The molecule has 1 saturated heterocycles. The van der Waals surface area contributed by atoms with Crippen LogP contribution in [0.4, 0.5) is 0 Å². The summed E-state index contributed by atoms with van der Waals surface area (Å²) in [7, 11) is 1.64. The lowest BCUT2D eigenvalue weighted by molar-refractivity contribution is 0.184. The molecule has 1 aliphatic rings. The van der Waals surface area contributed by atoms with Crippen LogP contribution in [-0.2, 0) is 17.8 Å². The highest BCUT2D eigenvalue weighted by molar-refractivity contribution is 5.43. The summed E-state index contributed by atoms with van der Waals surface area (Å²) < 4.78 is 16.8. The molecule has 0 radical (unpaired) electrons. The van der Waals surface area contributed by atoms with Gasteiger partial charge in [0.1, 0.15) is 12.2 Å². The maximum absolute atomic E-state index is 9.27. The molecule has 4 nitrogen and oxygen atoms in total. The fraction of sp³-hybridized carbons (Fsp3) is 0.368. The molecule has 0 aromatic heterocycles. The summed E-state index contributed by atoms with van der Waals surface area (Å²) in [6.07, 6.45) is 0.820. The lowest BCUT2D eigenvalue weighted by Crippen LogP contribution is -2.16. The van der Waals surface area contributed by atoms with Gasteiger partial charge in [0.15, 0.2) is 11.5 Å². The normalized spacial score (nSPS) is 22.7. The summed E-state index contributed by atoms with van der Waals surface area (Å²) in [5, 5.41) is 9.27. The maximum Gasteiger partial charge on any atom is 0.161 e. The van der Waals surface area contributed by atoms with Gasteiger partial charge in [0.05, 0.1) is 19.8 Å². The van der Waals surface area contributed by atoms with E-state index in [1.165, 1.54) is 0 Å². The highest BCUT2D eigenvalue weighted by Crippen LogP contribution is 2.39. The molecule has 1 heterocycles. The van der Waals surface area contributed by atoms with E-state index in [-0.39, 0.29) is 12.7 Å². The topological polar surface area (TPSA) is 51.2 Å². The molecule has 2 aromatic rings. The second-order valence-electron chi connectivity index (χ2n) is 6.04. The van der Waals surface area contributed by atoms with Crippen LogP contribution in [0.15, 0.2) is 48.5 Å². The van der Waals surface area contributed by atoms with Crippen molar-refractivity contribution in [2.45, 2.75) is 31.7 Å². The first kappa shape index (κ1) is 15.8. The highest BCUT2D eigenvalue weighted by atomic mass is 16.6. The molecule has 122 valence electrons. The third kappa shape index (κ3) is 3.66. The maximum atomic E-state index is 9.27. The minimum atomic E-state index is -0.393. The van der Waals surface area contributed by atoms with Crippen molar-refractivity contribution < 1.29 is 19.3 Å². The van der Waals surface area contributed by atoms with Gasteiger partial charge in [0.2, 0.25) is 0 Å². The zero-order chi connectivity index (χ0) is 16.3. The Bertz CT molecular complexity index is 656. The van der Waals surface area contributed by atoms with Gasteiger partial charge in [-0.15, -0.1) is 0 Å². The number of rotatable bonds is 7. The number of ether oxygens (including phenoxy) is 3. The first-order chi connectivity index (χ1) is 11.1. The molecule has 1 fully saturated rings. The molecule has 0 bridgehead atoms. The van der Waals surface area contributed by atoms with Crippen molar-refractivity contribution in [1.29, 1.82) is 0 Å². The standard InChI is InChI=1S/C19H22O4/c1-19(13-20)18(23-19)11-15-8-9-16(17(10-15)21-2)22-12-14-6-4-3-5-7-14/h3-10,18,20H,11-13H2,1-2H3/t18-,19-/m0/s1. The quantitative estimate of drug-likeness (QED) is 0.798. The van der Waals surface area contributed by atoms with Gasteiger partial charge in [-0.05, 0) is 30.2 Å². The Morgan fingerprint density at radius 3 is 2.52 bits per heavy atom. The lowest BCUT2D eigenvalue weighted by Gasteiger charge is -2.12. The summed E-state index contributed by atoms with van der Waals surface area (Å²) >= 11 is 0. The first-order valence-corrected chi connectivity index (χ1v) is 7.77. The molecule has 0 aliphatic carbocycles. The number of hydrogen-bond donors (Lipinski definition) is 1. The number of benzene rings is 2. The summed E-state index contributed by atoms with van der Waals surface area (Å²) in [6.45, 7) is 2.48. The van der Waals surface area contributed by atoms with Gasteiger partial charge < -0.3 is 19.3 Å². The number of methoxy groups -OCH3 is 1. The third-order valence-electron chi connectivity index (χ3n) is 4.24. The average Bonchev–Trinajstić information content (AvgIpc) is 3.24. The largest absolute Gasteiger partial charge is 0.493 e. The Labute approximate surface area is 136 Å². The summed E-state index contributed by atoms with van der Waals surface area (Å²) in [5.74, 6) is 1.44. The Balaban J connectivity index is 1.65. The molecular weight excluding hydrogens is 292 g/mol. The molecule has 1 N–H and O–H groups in total. The van der Waals surface area contributed by atoms with E-state index >= 15 is 0 Å². The highest BCUT2D eigenvalue weighted by Gasteiger charge is 2.51. The van der Waals surface area contributed by atoms with Crippen molar-refractivity contribution in [2.24, 2.45) is 0 Å². The van der Waals surface area contributed by atoms with E-state index in [1.807, 2.05) is 55.5 Å². The van der Waals surface area contributed by atoms with Crippen molar-refractivity contribution >= 4 is 0 Å². The van der Waals surface area contributed by atoms with Crippen molar-refractivity contribution in [2.75, 3.05) is 13.7 Å². The van der Waals surface area contributed by atoms with E-state index in [0.29, 0.717) is 12.4 Å². The Kier molecular flexibility index (Phi) is 4.55. The molecule has 0 unspecified atom stereocenters. The van der Waals surface area contributed by atoms with E-state index in [4.69, 9.17) is 14.2 Å². The van der Waals surface area contributed by atoms with Crippen LogP contribution in [0.25, 0.3) is 0 Å². The van der Waals surface area contributed by atoms with Crippen LogP contribution in [0.3, 0.4) is 0 Å². The first-order valence-electron chi connectivity index (χ1n) is 7.77. The molecule has 2 aromatic carbocycles. The minimum Gasteiger partial charge on any atom is -0.493 e. The molecule has 0 amide bonds. The lowest BCUT2D eigenvalue weighted by atomic mass is 10.0. The van der Waals surface area contributed by atoms with Gasteiger partial charge in [-0.2, -0.15) is 0 Å². The van der Waals surface area contributed by atoms with Crippen molar-refractivity contribution in [3.63, 3.8) is 0 Å². The second-order valence-corrected chi connectivity index (χ2v) is 6.04. The Morgan fingerprint density at radius 1 is 1.09 bits per heavy atom. The summed E-state index contributed by atoms with van der Waals surface area (Å²) in [4.78, 5) is 0. The Morgan fingerprint density at radius 2 is 1.87 bits per heavy atom. The molecule has 23 heavy (non-hydrogen) atoms. The van der Waals surface area contributed by atoms with Crippen LogP contribution in [0.1, 0.15) is 18.1 Å². The van der Waals surface area contributed by atoms with Gasteiger partial charge >= 0.3 is 0 Å². The van der Waals surface area contributed by atoms with E-state index in [0.717, 1.165) is 23.3 Å². The number of aliphatic hydroxyl groups is 1. The molecular formula is C19H22O4. The van der Waals surface area contributed by atoms with E-state index in [1.54, 1.807) is 7.11 Å². The minimum absolute atomic E-state index is 0.0487. The van der Waals surface area contributed by atoms with Crippen LogP contribution >= 0.6 is 0 Å². The van der Waals surface area contributed by atoms with E-state index in [2.05, 4.69) is 0 Å². The summed E-state index contributed by atoms with van der Waals surface area (Å²) in [6, 6.07) is 15.9. The molecule has 4 heteroatoms. The monoisotopic (exact) mass is 314 g/mol. The van der Waals surface area contributed by atoms with E-state index in [9.17, 15) is 5.11 Å². The van der Waals surface area contributed by atoms with Gasteiger partial charge in [0.25, 0.3) is 0 Å². The molecule has 3 rings (SSSR count). The van der Waals surface area contributed by atoms with Crippen LogP contribution in [-0.4, -0.2) is 30.5 Å². The van der Waals surface area contributed by atoms with Gasteiger partial charge in [0, 0.05) is 6.42 Å². The predicted octanol–water partition coefficient (Wildman–Crippen LogP) is 2.97. The fourth-order valence-corrected chi connectivity index (χ4v) is 2.60. The van der Waals surface area contributed by atoms with Gasteiger partial charge in [-0.3, -0.25) is 0 Å². The number of hydrogen-bond acceptors (Lipinski definition) is 4. The Hall–Kier alpha value is -2.04. The van der Waals surface area contributed by atoms with Crippen molar-refractivity contribution in [3.05, 3.63) is 59.7 Å². The van der Waals surface area contributed by atoms with Crippen LogP contribution in [0.5, 0.6) is 11.5 Å². The number of aliphatic hydroxyl groups excluding tert-OH is 1. The fourth-order valence-electron chi connectivity index (χ4n) is 2.60. The summed E-state index contributed by atoms with van der Waals surface area (Å²) in [5.41, 5.74) is 1.83. The molecule has 0 saturated carbocycles. The van der Waals surface area contributed by atoms with Crippen molar-refractivity contribution in [3.8, 4) is 11.5 Å². The average molecular weight is 314 g/mol. The van der Waals surface area contributed by atoms with Crippen LogP contribution in [0, 0.1) is 0 Å². The molecule has 0 spiro atoms. The molecule has 1 aliphatic heterocycles. The zero-order valence-corrected chi connectivity index (χ0v) is 13.5. The second kappa shape index (κ2) is 6.60. The third-order valence-corrected chi connectivity index (χ3v) is 4.24. The molecule has 2 atom stereocenters. The predicted molar refractivity (Wildman–Crippen MR) is 87.8 cm³/mol. The number of epoxide rings is 1. The smallest absolute Gasteiger partial charge is 0.161 e.